The Balaban J connectivity index is 1.88. The Morgan fingerprint density at radius 1 is 1.23 bits per heavy atom. The number of nitrogens with zero attached hydrogens (tertiary/aromatic N) is 2. The third-order valence-electron chi connectivity index (χ3n) is 4.57. The number of phenols is 1. The Morgan fingerprint density at radius 2 is 1.96 bits per heavy atom. The van der Waals surface area contributed by atoms with E-state index >= 15 is 0 Å². The molecule has 0 atom stereocenters. The van der Waals surface area contributed by atoms with Crippen molar-refractivity contribution >= 4 is 22.8 Å². The minimum atomic E-state index is -0.781. The van der Waals surface area contributed by atoms with Crippen LogP contribution in [0, 0.1) is 0 Å². The summed E-state index contributed by atoms with van der Waals surface area (Å²) in [6, 6.07) is 10.5. The molecule has 3 N–H and O–H groups in total. The molecule has 1 aromatic heterocycles. The summed E-state index contributed by atoms with van der Waals surface area (Å²) < 4.78 is 5.53. The summed E-state index contributed by atoms with van der Waals surface area (Å²) in [5.74, 6) is 0.860. The molecule has 2 aromatic carbocycles. The van der Waals surface area contributed by atoms with Crippen molar-refractivity contribution in [2.45, 2.75) is 19.4 Å². The van der Waals surface area contributed by atoms with Gasteiger partial charge in [0.1, 0.15) is 17.2 Å². The number of rotatable bonds is 3. The Morgan fingerprint density at radius 3 is 2.65 bits per heavy atom. The number of aromatic amines is 1. The van der Waals surface area contributed by atoms with Crippen LogP contribution in [0.1, 0.15) is 19.4 Å². The van der Waals surface area contributed by atoms with Gasteiger partial charge in [-0.15, -0.1) is 0 Å². The zero-order valence-electron chi connectivity index (χ0n) is 14.5. The first kappa shape index (κ1) is 16.4. The molecule has 2 heterocycles. The summed E-state index contributed by atoms with van der Waals surface area (Å²) in [5, 5.41) is 18.7. The van der Waals surface area contributed by atoms with E-state index in [0.717, 1.165) is 16.6 Å². The van der Waals surface area contributed by atoms with Crippen molar-refractivity contribution in [1.29, 1.82) is 0 Å². The van der Waals surface area contributed by atoms with Crippen molar-refractivity contribution in [3.63, 3.8) is 0 Å². The van der Waals surface area contributed by atoms with Crippen LogP contribution in [0.25, 0.3) is 22.4 Å². The number of β-amino-alcohol motifs (C(OH)–C–C–N with tert-alkyl or cyclic N) is 1. The maximum atomic E-state index is 12.3. The van der Waals surface area contributed by atoms with Gasteiger partial charge in [0.25, 0.3) is 0 Å². The fourth-order valence-corrected chi connectivity index (χ4v) is 3.25. The van der Waals surface area contributed by atoms with Crippen molar-refractivity contribution in [3.05, 3.63) is 42.0 Å². The number of hydrogen-bond donors (Lipinski definition) is 3. The van der Waals surface area contributed by atoms with Crippen molar-refractivity contribution in [2.24, 2.45) is 0 Å². The largest absolute Gasteiger partial charge is 0.508 e. The van der Waals surface area contributed by atoms with Gasteiger partial charge in [-0.05, 0) is 50.2 Å². The SMILES string of the molecule is CC1(C)OC(=O)N(CCO)c2cc3nc(-c4ccc(O)cc4)[nH]c3cc21. The summed E-state index contributed by atoms with van der Waals surface area (Å²) >= 11 is 0. The molecule has 1 aliphatic rings. The fraction of sp³-hybridized carbons (Fsp3) is 0.263. The summed E-state index contributed by atoms with van der Waals surface area (Å²) in [5.41, 5.74) is 3.13. The lowest BCUT2D eigenvalue weighted by Gasteiger charge is -2.38. The molecular formula is C19H19N3O4. The fourth-order valence-electron chi connectivity index (χ4n) is 3.25. The molecule has 0 bridgehead atoms. The van der Waals surface area contributed by atoms with Crippen LogP contribution in [-0.4, -0.2) is 39.4 Å². The molecule has 0 fully saturated rings. The molecule has 1 aliphatic heterocycles. The maximum Gasteiger partial charge on any atom is 0.415 e. The van der Waals surface area contributed by atoms with Gasteiger partial charge >= 0.3 is 6.09 Å². The Labute approximate surface area is 149 Å². The molecule has 7 nitrogen and oxygen atoms in total. The number of imidazole rings is 1. The second-order valence-electron chi connectivity index (χ2n) is 6.77. The van der Waals surface area contributed by atoms with Gasteiger partial charge in [0.05, 0.1) is 29.9 Å². The highest BCUT2D eigenvalue weighted by atomic mass is 16.6. The number of carbonyl (C=O) groups excluding carboxylic acids is 1. The second-order valence-corrected chi connectivity index (χ2v) is 6.77. The first-order valence-electron chi connectivity index (χ1n) is 8.34. The number of aromatic hydroxyl groups is 1. The molecule has 0 spiro atoms. The van der Waals surface area contributed by atoms with Crippen LogP contribution in [0.5, 0.6) is 5.75 Å². The van der Waals surface area contributed by atoms with Gasteiger partial charge in [0.15, 0.2) is 0 Å². The summed E-state index contributed by atoms with van der Waals surface area (Å²) in [6.45, 7) is 3.67. The zero-order valence-corrected chi connectivity index (χ0v) is 14.5. The van der Waals surface area contributed by atoms with E-state index in [-0.39, 0.29) is 18.9 Å². The highest BCUT2D eigenvalue weighted by Gasteiger charge is 2.38. The molecule has 26 heavy (non-hydrogen) atoms. The van der Waals surface area contributed by atoms with E-state index in [9.17, 15) is 15.0 Å². The number of anilines is 1. The molecule has 0 unspecified atom stereocenters. The van der Waals surface area contributed by atoms with Gasteiger partial charge in [-0.2, -0.15) is 0 Å². The molecule has 1 amide bonds. The first-order valence-corrected chi connectivity index (χ1v) is 8.34. The monoisotopic (exact) mass is 353 g/mol. The smallest absolute Gasteiger partial charge is 0.415 e. The number of phenolic OH excluding ortho intramolecular Hbond substituents is 1. The molecule has 3 aromatic rings. The average Bonchev–Trinajstić information content (AvgIpc) is 3.00. The van der Waals surface area contributed by atoms with E-state index in [4.69, 9.17) is 4.74 Å². The number of aliphatic hydroxyl groups excluding tert-OH is 1. The minimum Gasteiger partial charge on any atom is -0.508 e. The molecule has 4 rings (SSSR count). The lowest BCUT2D eigenvalue weighted by Crippen LogP contribution is -2.44. The van der Waals surface area contributed by atoms with Gasteiger partial charge < -0.3 is 19.9 Å². The van der Waals surface area contributed by atoms with Crippen LogP contribution in [0.2, 0.25) is 0 Å². The van der Waals surface area contributed by atoms with E-state index in [1.54, 1.807) is 24.3 Å². The molecule has 7 heteroatoms. The molecule has 134 valence electrons. The maximum absolute atomic E-state index is 12.3. The number of cyclic esters (lactones) is 1. The number of hydrogen-bond acceptors (Lipinski definition) is 5. The van der Waals surface area contributed by atoms with E-state index in [1.165, 1.54) is 4.90 Å². The highest BCUT2D eigenvalue weighted by Crippen LogP contribution is 2.41. The highest BCUT2D eigenvalue weighted by molar-refractivity contribution is 5.95. The summed E-state index contributed by atoms with van der Waals surface area (Å²) in [6.07, 6.45) is -0.481. The minimum absolute atomic E-state index is 0.155. The lowest BCUT2D eigenvalue weighted by atomic mass is 9.93. The number of amides is 1. The van der Waals surface area contributed by atoms with Gasteiger partial charge in [0.2, 0.25) is 0 Å². The number of benzene rings is 2. The van der Waals surface area contributed by atoms with Gasteiger partial charge in [-0.25, -0.2) is 9.78 Å². The first-order chi connectivity index (χ1) is 12.4. The molecule has 0 saturated heterocycles. The number of aliphatic hydroxyl groups is 1. The Bertz CT molecular complexity index is 992. The molecule has 0 radical (unpaired) electrons. The number of aromatic nitrogens is 2. The average molecular weight is 353 g/mol. The zero-order chi connectivity index (χ0) is 18.5. The molecule has 0 saturated carbocycles. The standard InChI is InChI=1S/C19H19N3O4/c1-19(2)13-9-14-15(10-16(13)22(7-8-23)18(25)26-19)21-17(20-14)11-3-5-12(24)6-4-11/h3-6,9-10,23-24H,7-8H2,1-2H3,(H,20,21). The molecule has 0 aliphatic carbocycles. The van der Waals surface area contributed by atoms with Crippen LogP contribution in [0.4, 0.5) is 10.5 Å². The second kappa shape index (κ2) is 5.74. The predicted octanol–water partition coefficient (Wildman–Crippen LogP) is 3.12. The number of ether oxygens (including phenoxy) is 1. The van der Waals surface area contributed by atoms with Gasteiger partial charge in [0, 0.05) is 11.1 Å². The van der Waals surface area contributed by atoms with Crippen LogP contribution in [0.15, 0.2) is 36.4 Å². The number of nitrogens with one attached hydrogen (secondary N) is 1. The van der Waals surface area contributed by atoms with E-state index in [0.29, 0.717) is 17.0 Å². The van der Waals surface area contributed by atoms with Crippen molar-refractivity contribution in [1.82, 2.24) is 9.97 Å². The topological polar surface area (TPSA) is 98.7 Å². The normalized spacial score (nSPS) is 15.8. The third-order valence-corrected chi connectivity index (χ3v) is 4.57. The van der Waals surface area contributed by atoms with Crippen LogP contribution in [0.3, 0.4) is 0 Å². The van der Waals surface area contributed by atoms with E-state index in [1.807, 2.05) is 26.0 Å². The van der Waals surface area contributed by atoms with Crippen molar-refractivity contribution in [3.8, 4) is 17.1 Å². The quantitative estimate of drug-likeness (QED) is 0.672. The molecular weight excluding hydrogens is 334 g/mol. The van der Waals surface area contributed by atoms with Crippen LogP contribution in [-0.2, 0) is 10.3 Å². The van der Waals surface area contributed by atoms with Crippen molar-refractivity contribution < 1.29 is 19.7 Å². The number of carbonyl (C=O) groups is 1. The summed E-state index contributed by atoms with van der Waals surface area (Å²) in [4.78, 5) is 21.6. The number of H-pyrrole nitrogens is 1. The van der Waals surface area contributed by atoms with E-state index in [2.05, 4.69) is 9.97 Å². The van der Waals surface area contributed by atoms with Crippen LogP contribution >= 0.6 is 0 Å². The summed E-state index contributed by atoms with van der Waals surface area (Å²) in [7, 11) is 0. The third kappa shape index (κ3) is 2.57. The van der Waals surface area contributed by atoms with Crippen molar-refractivity contribution in [2.75, 3.05) is 18.1 Å². The van der Waals surface area contributed by atoms with Gasteiger partial charge in [-0.3, -0.25) is 4.90 Å². The number of fused-ring (bicyclic) bond motifs is 2. The van der Waals surface area contributed by atoms with E-state index < -0.39 is 11.7 Å². The Hall–Kier alpha value is -3.06. The van der Waals surface area contributed by atoms with Gasteiger partial charge in [-0.1, -0.05) is 0 Å². The van der Waals surface area contributed by atoms with Crippen LogP contribution < -0.4 is 4.90 Å². The predicted molar refractivity (Wildman–Crippen MR) is 97.1 cm³/mol. The lowest BCUT2D eigenvalue weighted by molar-refractivity contribution is 0.0344. The Kier molecular flexibility index (Phi) is 3.62.